The molecular formula is C21H21FN4O2S. The molecule has 29 heavy (non-hydrogen) atoms. The average molecular weight is 412 g/mol. The van der Waals surface area contributed by atoms with Gasteiger partial charge in [-0.3, -0.25) is 0 Å². The molecule has 2 aromatic heterocycles. The van der Waals surface area contributed by atoms with E-state index >= 15 is 0 Å². The smallest absolute Gasteiger partial charge is 0.212 e. The van der Waals surface area contributed by atoms with Crippen molar-refractivity contribution in [1.82, 2.24) is 14.5 Å². The molecule has 150 valence electrons. The quantitative estimate of drug-likeness (QED) is 0.497. The maximum Gasteiger partial charge on any atom is 0.212 e. The molecule has 6 nitrogen and oxygen atoms in total. The lowest BCUT2D eigenvalue weighted by Gasteiger charge is -2.10. The summed E-state index contributed by atoms with van der Waals surface area (Å²) in [5.74, 6) is -0.0141. The minimum absolute atomic E-state index is 0.0385. The summed E-state index contributed by atoms with van der Waals surface area (Å²) in [7, 11) is -4.01. The van der Waals surface area contributed by atoms with Crippen LogP contribution in [0, 0.1) is 11.7 Å². The number of halogens is 1. The zero-order valence-corrected chi connectivity index (χ0v) is 16.9. The highest BCUT2D eigenvalue weighted by Gasteiger charge is 2.30. The van der Waals surface area contributed by atoms with E-state index in [2.05, 4.69) is 23.8 Å². The standard InChI is InChI=1S/C21H21FN4O2S/c1-13(2)11-12-26-20(23)19(29(27,28)15-9-7-14(22)8-10-15)18-21(26)25-17-6-4-3-5-16(17)24-18/h3-10,13H,11-12,23H2,1-2H3. The SMILES string of the molecule is CC(C)CCn1c(N)c(S(=O)(=O)c2ccc(F)cc2)c2nc3ccccc3nc21. The second-order valence-corrected chi connectivity index (χ2v) is 9.28. The highest BCUT2D eigenvalue weighted by Crippen LogP contribution is 2.35. The molecule has 0 saturated carbocycles. The fourth-order valence-electron chi connectivity index (χ4n) is 3.30. The van der Waals surface area contributed by atoms with Gasteiger partial charge in [-0.05, 0) is 48.7 Å². The van der Waals surface area contributed by atoms with Gasteiger partial charge in [0.15, 0.2) is 5.65 Å². The van der Waals surface area contributed by atoms with Crippen LogP contribution < -0.4 is 5.73 Å². The van der Waals surface area contributed by atoms with Crippen molar-refractivity contribution in [2.24, 2.45) is 5.92 Å². The van der Waals surface area contributed by atoms with Crippen LogP contribution in [0.3, 0.4) is 0 Å². The summed E-state index contributed by atoms with van der Waals surface area (Å²) in [4.78, 5) is 9.11. The molecule has 8 heteroatoms. The largest absolute Gasteiger partial charge is 0.384 e. The average Bonchev–Trinajstić information content (AvgIpc) is 2.95. The van der Waals surface area contributed by atoms with Crippen LogP contribution in [-0.2, 0) is 16.4 Å². The fourth-order valence-corrected chi connectivity index (χ4v) is 4.81. The summed E-state index contributed by atoms with van der Waals surface area (Å²) in [6, 6.07) is 12.0. The van der Waals surface area contributed by atoms with Crippen molar-refractivity contribution in [2.75, 3.05) is 5.73 Å². The number of nitrogens with two attached hydrogens (primary N) is 1. The molecular weight excluding hydrogens is 391 g/mol. The number of benzene rings is 2. The summed E-state index contributed by atoms with van der Waals surface area (Å²) in [5.41, 5.74) is 8.25. The number of hydrogen-bond donors (Lipinski definition) is 1. The Hall–Kier alpha value is -3.00. The second-order valence-electron chi connectivity index (χ2n) is 7.39. The molecule has 4 aromatic rings. The Balaban J connectivity index is 2.03. The number of rotatable bonds is 5. The van der Waals surface area contributed by atoms with Crippen LogP contribution in [0.4, 0.5) is 10.2 Å². The van der Waals surface area contributed by atoms with Gasteiger partial charge in [-0.25, -0.2) is 22.8 Å². The van der Waals surface area contributed by atoms with Crippen LogP contribution in [0.2, 0.25) is 0 Å². The topological polar surface area (TPSA) is 90.9 Å². The van der Waals surface area contributed by atoms with E-state index in [9.17, 15) is 12.8 Å². The number of nitrogens with zero attached hydrogens (tertiary/aromatic N) is 3. The van der Waals surface area contributed by atoms with Crippen molar-refractivity contribution in [1.29, 1.82) is 0 Å². The van der Waals surface area contributed by atoms with Crippen LogP contribution in [-0.4, -0.2) is 23.0 Å². The van der Waals surface area contributed by atoms with Crippen LogP contribution in [0.5, 0.6) is 0 Å². The number of fused-ring (bicyclic) bond motifs is 2. The van der Waals surface area contributed by atoms with Gasteiger partial charge in [0.05, 0.1) is 15.9 Å². The molecule has 0 aliphatic rings. The van der Waals surface area contributed by atoms with E-state index in [0.717, 1.165) is 18.6 Å². The molecule has 0 fully saturated rings. The number of para-hydroxylation sites is 2. The number of aromatic nitrogens is 3. The van der Waals surface area contributed by atoms with Gasteiger partial charge in [0.1, 0.15) is 22.0 Å². The summed E-state index contributed by atoms with van der Waals surface area (Å²) >= 11 is 0. The molecule has 0 aliphatic heterocycles. The Morgan fingerprint density at radius 3 is 2.28 bits per heavy atom. The van der Waals surface area contributed by atoms with Crippen molar-refractivity contribution in [3.05, 3.63) is 54.3 Å². The number of nitrogen functional groups attached to an aromatic ring is 1. The molecule has 0 radical (unpaired) electrons. The Bertz CT molecular complexity index is 1310. The predicted molar refractivity (Wildman–Crippen MR) is 111 cm³/mol. The monoisotopic (exact) mass is 412 g/mol. The zero-order chi connectivity index (χ0) is 20.8. The maximum atomic E-state index is 13.4. The molecule has 0 saturated heterocycles. The molecule has 0 spiro atoms. The summed E-state index contributed by atoms with van der Waals surface area (Å²) in [5, 5.41) is 0. The summed E-state index contributed by atoms with van der Waals surface area (Å²) < 4.78 is 41.8. The van der Waals surface area contributed by atoms with Gasteiger partial charge in [0.2, 0.25) is 9.84 Å². The van der Waals surface area contributed by atoms with Crippen molar-refractivity contribution >= 4 is 37.9 Å². The van der Waals surface area contributed by atoms with Gasteiger partial charge in [-0.2, -0.15) is 0 Å². The minimum atomic E-state index is -4.01. The first-order chi connectivity index (χ1) is 13.8. The zero-order valence-electron chi connectivity index (χ0n) is 16.1. The van der Waals surface area contributed by atoms with Gasteiger partial charge in [-0.15, -0.1) is 0 Å². The third-order valence-corrected chi connectivity index (χ3v) is 6.70. The lowest BCUT2D eigenvalue weighted by atomic mass is 10.1. The molecule has 2 aromatic carbocycles. The van der Waals surface area contributed by atoms with E-state index in [4.69, 9.17) is 5.73 Å². The first kappa shape index (κ1) is 19.3. The van der Waals surface area contributed by atoms with Crippen LogP contribution in [0.25, 0.3) is 22.2 Å². The molecule has 2 N–H and O–H groups in total. The first-order valence-corrected chi connectivity index (χ1v) is 10.8. The number of aryl methyl sites for hydroxylation is 1. The van der Waals surface area contributed by atoms with Crippen LogP contribution >= 0.6 is 0 Å². The number of hydrogen-bond acceptors (Lipinski definition) is 5. The Morgan fingerprint density at radius 2 is 1.66 bits per heavy atom. The molecule has 0 bridgehead atoms. The van der Waals surface area contributed by atoms with E-state index in [1.54, 1.807) is 10.6 Å². The molecule has 0 amide bonds. The third-order valence-electron chi connectivity index (χ3n) is 4.87. The normalized spacial score (nSPS) is 12.3. The second kappa shape index (κ2) is 7.11. The first-order valence-electron chi connectivity index (χ1n) is 9.34. The van der Waals surface area contributed by atoms with E-state index in [0.29, 0.717) is 29.1 Å². The van der Waals surface area contributed by atoms with Gasteiger partial charge in [0.25, 0.3) is 0 Å². The highest BCUT2D eigenvalue weighted by molar-refractivity contribution is 7.92. The number of sulfone groups is 1. The van der Waals surface area contributed by atoms with E-state index in [1.807, 2.05) is 18.2 Å². The molecule has 2 heterocycles. The van der Waals surface area contributed by atoms with E-state index < -0.39 is 15.7 Å². The van der Waals surface area contributed by atoms with Crippen molar-refractivity contribution in [3.63, 3.8) is 0 Å². The molecule has 4 rings (SSSR count). The Morgan fingerprint density at radius 1 is 1.03 bits per heavy atom. The summed E-state index contributed by atoms with van der Waals surface area (Å²) in [6.45, 7) is 4.68. The van der Waals surface area contributed by atoms with Crippen molar-refractivity contribution < 1.29 is 12.8 Å². The van der Waals surface area contributed by atoms with Gasteiger partial charge >= 0.3 is 0 Å². The lowest BCUT2D eigenvalue weighted by Crippen LogP contribution is -2.09. The highest BCUT2D eigenvalue weighted by atomic mass is 32.2. The molecule has 0 unspecified atom stereocenters. The van der Waals surface area contributed by atoms with Crippen LogP contribution in [0.1, 0.15) is 20.3 Å². The third kappa shape index (κ3) is 3.33. The van der Waals surface area contributed by atoms with Crippen LogP contribution in [0.15, 0.2) is 58.3 Å². The molecule has 0 aliphatic carbocycles. The van der Waals surface area contributed by atoms with Gasteiger partial charge < -0.3 is 10.3 Å². The minimum Gasteiger partial charge on any atom is -0.384 e. The number of anilines is 1. The van der Waals surface area contributed by atoms with E-state index in [-0.39, 0.29) is 21.1 Å². The van der Waals surface area contributed by atoms with Gasteiger partial charge in [-0.1, -0.05) is 26.0 Å². The van der Waals surface area contributed by atoms with E-state index in [1.165, 1.54) is 12.1 Å². The van der Waals surface area contributed by atoms with Crippen molar-refractivity contribution in [3.8, 4) is 0 Å². The summed E-state index contributed by atoms with van der Waals surface area (Å²) in [6.07, 6.45) is 0.804. The maximum absolute atomic E-state index is 13.4. The van der Waals surface area contributed by atoms with Crippen molar-refractivity contribution in [2.45, 2.75) is 36.6 Å². The predicted octanol–water partition coefficient (Wildman–Crippen LogP) is 4.18. The Kier molecular flexibility index (Phi) is 4.74. The fraction of sp³-hybridized carbons (Fsp3) is 0.238. The lowest BCUT2D eigenvalue weighted by molar-refractivity contribution is 0.525. The Labute approximate surface area is 168 Å². The van der Waals surface area contributed by atoms with Gasteiger partial charge in [0, 0.05) is 6.54 Å². The molecule has 0 atom stereocenters.